The van der Waals surface area contributed by atoms with Crippen LogP contribution < -0.4 is 5.32 Å². The first-order chi connectivity index (χ1) is 10.4. The van der Waals surface area contributed by atoms with Crippen LogP contribution in [0.1, 0.15) is 27.4 Å². The highest BCUT2D eigenvalue weighted by molar-refractivity contribution is 6.31. The minimum atomic E-state index is -0.259. The molecule has 0 fully saturated rings. The van der Waals surface area contributed by atoms with Crippen LogP contribution in [0.4, 0.5) is 5.69 Å². The molecule has 22 heavy (non-hydrogen) atoms. The van der Waals surface area contributed by atoms with E-state index in [4.69, 9.17) is 11.6 Å². The van der Waals surface area contributed by atoms with Crippen molar-refractivity contribution in [3.63, 3.8) is 0 Å². The zero-order valence-electron chi connectivity index (χ0n) is 12.4. The summed E-state index contributed by atoms with van der Waals surface area (Å²) < 4.78 is 1.50. The zero-order valence-corrected chi connectivity index (χ0v) is 13.1. The number of hydrogen-bond donors (Lipinski definition) is 1. The van der Waals surface area contributed by atoms with Crippen LogP contribution in [0, 0.1) is 20.8 Å². The summed E-state index contributed by atoms with van der Waals surface area (Å²) in [4.78, 5) is 21.0. The SMILES string of the molecule is Cc1nc2nc(C)c(C(=O)Nc3cc(Cl)ccc3C)cn2n1. The molecule has 1 N–H and O–H groups in total. The number of hydrogen-bond acceptors (Lipinski definition) is 4. The molecule has 1 amide bonds. The number of amides is 1. The first-order valence-corrected chi connectivity index (χ1v) is 7.10. The maximum absolute atomic E-state index is 12.5. The Bertz CT molecular complexity index is 887. The highest BCUT2D eigenvalue weighted by Gasteiger charge is 2.14. The molecule has 3 rings (SSSR count). The van der Waals surface area contributed by atoms with Gasteiger partial charge in [0.2, 0.25) is 0 Å². The van der Waals surface area contributed by atoms with Crippen molar-refractivity contribution in [1.29, 1.82) is 0 Å². The van der Waals surface area contributed by atoms with Crippen molar-refractivity contribution in [2.45, 2.75) is 20.8 Å². The minimum Gasteiger partial charge on any atom is -0.322 e. The minimum absolute atomic E-state index is 0.259. The standard InChI is InChI=1S/C15H14ClN5O/c1-8-4-5-11(16)6-13(8)19-14(22)12-7-21-15(17-9(12)2)18-10(3)20-21/h4-7H,1-3H3,(H,19,22). The first kappa shape index (κ1) is 14.5. The molecule has 2 heterocycles. The maximum atomic E-state index is 12.5. The van der Waals surface area contributed by atoms with Gasteiger partial charge in [-0.25, -0.2) is 9.50 Å². The third-order valence-corrected chi connectivity index (χ3v) is 3.56. The van der Waals surface area contributed by atoms with Gasteiger partial charge in [0.15, 0.2) is 0 Å². The van der Waals surface area contributed by atoms with Crippen molar-refractivity contribution in [1.82, 2.24) is 19.6 Å². The van der Waals surface area contributed by atoms with Gasteiger partial charge in [-0.15, -0.1) is 0 Å². The van der Waals surface area contributed by atoms with Crippen LogP contribution in [-0.4, -0.2) is 25.5 Å². The van der Waals surface area contributed by atoms with Gasteiger partial charge in [0, 0.05) is 16.9 Å². The van der Waals surface area contributed by atoms with Gasteiger partial charge in [0.1, 0.15) is 5.82 Å². The molecular formula is C15H14ClN5O. The van der Waals surface area contributed by atoms with E-state index in [1.54, 1.807) is 32.2 Å². The summed E-state index contributed by atoms with van der Waals surface area (Å²) in [6.45, 7) is 5.45. The number of aromatic nitrogens is 4. The Balaban J connectivity index is 1.98. The molecule has 0 aliphatic carbocycles. The van der Waals surface area contributed by atoms with Crippen LogP contribution in [0.3, 0.4) is 0 Å². The summed E-state index contributed by atoms with van der Waals surface area (Å²) in [5, 5.41) is 7.60. The third kappa shape index (κ3) is 2.65. The van der Waals surface area contributed by atoms with Crippen LogP contribution in [-0.2, 0) is 0 Å². The Morgan fingerprint density at radius 1 is 1.23 bits per heavy atom. The van der Waals surface area contributed by atoms with E-state index in [1.165, 1.54) is 4.52 Å². The monoisotopic (exact) mass is 315 g/mol. The van der Waals surface area contributed by atoms with Crippen molar-refractivity contribution in [3.05, 3.63) is 52.1 Å². The molecule has 0 radical (unpaired) electrons. The van der Waals surface area contributed by atoms with E-state index in [9.17, 15) is 4.79 Å². The molecule has 0 spiro atoms. The summed E-state index contributed by atoms with van der Waals surface area (Å²) in [5.41, 5.74) is 2.64. The fraction of sp³-hybridized carbons (Fsp3) is 0.200. The molecule has 0 saturated carbocycles. The normalized spacial score (nSPS) is 10.9. The van der Waals surface area contributed by atoms with E-state index in [0.717, 1.165) is 5.56 Å². The molecule has 0 atom stereocenters. The summed E-state index contributed by atoms with van der Waals surface area (Å²) in [6.07, 6.45) is 1.63. The summed E-state index contributed by atoms with van der Waals surface area (Å²) >= 11 is 5.97. The number of anilines is 1. The highest BCUT2D eigenvalue weighted by atomic mass is 35.5. The number of nitrogens with one attached hydrogen (secondary N) is 1. The Morgan fingerprint density at radius 3 is 2.77 bits per heavy atom. The van der Waals surface area contributed by atoms with Gasteiger partial charge < -0.3 is 5.32 Å². The zero-order chi connectivity index (χ0) is 15.9. The summed E-state index contributed by atoms with van der Waals surface area (Å²) in [5.74, 6) is 0.825. The van der Waals surface area contributed by atoms with Gasteiger partial charge >= 0.3 is 0 Å². The molecule has 7 heteroatoms. The Kier molecular flexibility index (Phi) is 3.54. The molecule has 1 aromatic carbocycles. The van der Waals surface area contributed by atoms with E-state index in [-0.39, 0.29) is 5.91 Å². The van der Waals surface area contributed by atoms with Crippen LogP contribution in [0.15, 0.2) is 24.4 Å². The molecule has 6 nitrogen and oxygen atoms in total. The molecule has 0 bridgehead atoms. The topological polar surface area (TPSA) is 72.2 Å². The van der Waals surface area contributed by atoms with E-state index < -0.39 is 0 Å². The van der Waals surface area contributed by atoms with Gasteiger partial charge in [-0.1, -0.05) is 17.7 Å². The van der Waals surface area contributed by atoms with Crippen LogP contribution in [0.2, 0.25) is 5.02 Å². The van der Waals surface area contributed by atoms with Crippen molar-refractivity contribution in [2.24, 2.45) is 0 Å². The number of benzene rings is 1. The Morgan fingerprint density at radius 2 is 2.00 bits per heavy atom. The molecule has 0 aliphatic rings. The van der Waals surface area contributed by atoms with E-state index in [0.29, 0.717) is 33.6 Å². The summed E-state index contributed by atoms with van der Waals surface area (Å²) in [7, 11) is 0. The van der Waals surface area contributed by atoms with Gasteiger partial charge in [-0.05, 0) is 38.5 Å². The maximum Gasteiger partial charge on any atom is 0.259 e. The average molecular weight is 316 g/mol. The smallest absolute Gasteiger partial charge is 0.259 e. The number of halogens is 1. The molecule has 112 valence electrons. The molecule has 0 aliphatic heterocycles. The van der Waals surface area contributed by atoms with E-state index in [1.807, 2.05) is 13.0 Å². The molecular weight excluding hydrogens is 302 g/mol. The van der Waals surface area contributed by atoms with Gasteiger partial charge in [-0.3, -0.25) is 4.79 Å². The summed E-state index contributed by atoms with van der Waals surface area (Å²) in [6, 6.07) is 5.35. The largest absolute Gasteiger partial charge is 0.322 e. The Hall–Kier alpha value is -2.47. The number of rotatable bonds is 2. The van der Waals surface area contributed by atoms with Crippen molar-refractivity contribution in [3.8, 4) is 0 Å². The fourth-order valence-electron chi connectivity index (χ4n) is 2.15. The van der Waals surface area contributed by atoms with E-state index in [2.05, 4.69) is 20.4 Å². The predicted octanol–water partition coefficient (Wildman–Crippen LogP) is 2.96. The van der Waals surface area contributed by atoms with E-state index >= 15 is 0 Å². The highest BCUT2D eigenvalue weighted by Crippen LogP contribution is 2.21. The lowest BCUT2D eigenvalue weighted by atomic mass is 10.1. The number of nitrogens with zero attached hydrogens (tertiary/aromatic N) is 4. The number of fused-ring (bicyclic) bond motifs is 1. The second kappa shape index (κ2) is 5.38. The predicted molar refractivity (Wildman–Crippen MR) is 84.4 cm³/mol. The van der Waals surface area contributed by atoms with Crippen molar-refractivity contribution < 1.29 is 4.79 Å². The number of aryl methyl sites for hydroxylation is 3. The Labute approximate surface area is 132 Å². The molecule has 3 aromatic rings. The van der Waals surface area contributed by atoms with Crippen LogP contribution >= 0.6 is 11.6 Å². The average Bonchev–Trinajstić information content (AvgIpc) is 2.81. The lowest BCUT2D eigenvalue weighted by molar-refractivity contribution is 0.102. The number of carbonyl (C=O) groups is 1. The van der Waals surface area contributed by atoms with Crippen LogP contribution in [0.25, 0.3) is 5.78 Å². The fourth-order valence-corrected chi connectivity index (χ4v) is 2.32. The lowest BCUT2D eigenvalue weighted by Gasteiger charge is -2.10. The molecule has 2 aromatic heterocycles. The van der Waals surface area contributed by atoms with Crippen LogP contribution in [0.5, 0.6) is 0 Å². The van der Waals surface area contributed by atoms with Crippen molar-refractivity contribution in [2.75, 3.05) is 5.32 Å². The second-order valence-corrected chi connectivity index (χ2v) is 5.49. The quantitative estimate of drug-likeness (QED) is 0.789. The lowest BCUT2D eigenvalue weighted by Crippen LogP contribution is -2.16. The molecule has 0 saturated heterocycles. The van der Waals surface area contributed by atoms with Crippen molar-refractivity contribution >= 4 is 29.0 Å². The van der Waals surface area contributed by atoms with Gasteiger partial charge in [-0.2, -0.15) is 10.1 Å². The first-order valence-electron chi connectivity index (χ1n) is 6.72. The second-order valence-electron chi connectivity index (χ2n) is 5.06. The third-order valence-electron chi connectivity index (χ3n) is 3.32. The molecule has 0 unspecified atom stereocenters. The van der Waals surface area contributed by atoms with Gasteiger partial charge in [0.05, 0.1) is 11.3 Å². The van der Waals surface area contributed by atoms with Gasteiger partial charge in [0.25, 0.3) is 11.7 Å². The number of carbonyl (C=O) groups excluding carboxylic acids is 1.